The molecule has 2 rings (SSSR count). The van der Waals surface area contributed by atoms with Gasteiger partial charge in [0.15, 0.2) is 0 Å². The van der Waals surface area contributed by atoms with Gasteiger partial charge in [0, 0.05) is 47.5 Å². The zero-order valence-corrected chi connectivity index (χ0v) is 11.9. The molecule has 0 bridgehead atoms. The van der Waals surface area contributed by atoms with E-state index in [0.717, 1.165) is 5.82 Å². The lowest BCUT2D eigenvalue weighted by molar-refractivity contribution is -0.385. The van der Waals surface area contributed by atoms with E-state index in [9.17, 15) is 14.9 Å². The van der Waals surface area contributed by atoms with E-state index in [0.29, 0.717) is 17.4 Å². The Labute approximate surface area is 122 Å². The van der Waals surface area contributed by atoms with E-state index in [1.165, 1.54) is 18.2 Å². The van der Waals surface area contributed by atoms with Gasteiger partial charge in [-0.05, 0) is 6.07 Å². The third-order valence-electron chi connectivity index (χ3n) is 2.56. The van der Waals surface area contributed by atoms with Crippen LogP contribution in [-0.2, 0) is 6.42 Å². The van der Waals surface area contributed by atoms with Gasteiger partial charge in [-0.2, -0.15) is 0 Å². The summed E-state index contributed by atoms with van der Waals surface area (Å²) in [5.74, 6) is 0.409. The van der Waals surface area contributed by atoms with E-state index in [4.69, 9.17) is 0 Å². The third-order valence-corrected chi connectivity index (χ3v) is 3.02. The summed E-state index contributed by atoms with van der Waals surface area (Å²) in [6, 6.07) is 4.13. The number of imidazole rings is 1. The second kappa shape index (κ2) is 6.29. The first-order valence-electron chi connectivity index (χ1n) is 5.77. The van der Waals surface area contributed by atoms with E-state index >= 15 is 0 Å². The van der Waals surface area contributed by atoms with E-state index in [1.807, 2.05) is 0 Å². The first kappa shape index (κ1) is 14.2. The van der Waals surface area contributed by atoms with E-state index in [2.05, 4.69) is 31.2 Å². The molecule has 0 saturated carbocycles. The van der Waals surface area contributed by atoms with Crippen LogP contribution < -0.4 is 5.32 Å². The first-order chi connectivity index (χ1) is 9.56. The highest BCUT2D eigenvalue weighted by Gasteiger charge is 2.13. The van der Waals surface area contributed by atoms with E-state index in [1.54, 1.807) is 12.4 Å². The number of nitrogens with one attached hydrogen (secondary N) is 2. The quantitative estimate of drug-likeness (QED) is 0.643. The lowest BCUT2D eigenvalue weighted by atomic mass is 10.2. The molecule has 20 heavy (non-hydrogen) atoms. The van der Waals surface area contributed by atoms with Crippen molar-refractivity contribution >= 4 is 27.5 Å². The fourth-order valence-electron chi connectivity index (χ4n) is 1.64. The van der Waals surface area contributed by atoms with E-state index in [-0.39, 0.29) is 17.2 Å². The van der Waals surface area contributed by atoms with Gasteiger partial charge < -0.3 is 10.3 Å². The van der Waals surface area contributed by atoms with Gasteiger partial charge in [-0.3, -0.25) is 14.9 Å². The summed E-state index contributed by atoms with van der Waals surface area (Å²) < 4.78 is 0.489. The monoisotopic (exact) mass is 338 g/mol. The Bertz CT molecular complexity index is 628. The van der Waals surface area contributed by atoms with Crippen LogP contribution in [0.3, 0.4) is 0 Å². The predicted octanol–water partition coefficient (Wildman–Crippen LogP) is 2.05. The molecule has 0 fully saturated rings. The number of nitro groups is 1. The number of halogens is 1. The van der Waals surface area contributed by atoms with Crippen molar-refractivity contribution < 1.29 is 9.72 Å². The molecule has 0 radical (unpaired) electrons. The maximum atomic E-state index is 11.9. The van der Waals surface area contributed by atoms with E-state index < -0.39 is 4.92 Å². The zero-order chi connectivity index (χ0) is 14.5. The molecular formula is C12H11BrN4O3. The Morgan fingerprint density at radius 2 is 2.25 bits per heavy atom. The minimum Gasteiger partial charge on any atom is -0.352 e. The highest BCUT2D eigenvalue weighted by Crippen LogP contribution is 2.21. The smallest absolute Gasteiger partial charge is 0.271 e. The molecule has 0 spiro atoms. The summed E-state index contributed by atoms with van der Waals surface area (Å²) in [4.78, 5) is 29.1. The number of H-pyrrole nitrogens is 1. The van der Waals surface area contributed by atoms with Crippen molar-refractivity contribution in [2.24, 2.45) is 0 Å². The highest BCUT2D eigenvalue weighted by molar-refractivity contribution is 9.10. The molecule has 0 aliphatic rings. The predicted molar refractivity (Wildman–Crippen MR) is 75.4 cm³/mol. The van der Waals surface area contributed by atoms with Gasteiger partial charge in [-0.25, -0.2) is 4.98 Å². The summed E-state index contributed by atoms with van der Waals surface area (Å²) in [7, 11) is 0. The van der Waals surface area contributed by atoms with Crippen LogP contribution in [0.5, 0.6) is 0 Å². The fourth-order valence-corrected chi connectivity index (χ4v) is 2.12. The van der Waals surface area contributed by atoms with Crippen LogP contribution in [0, 0.1) is 10.1 Å². The van der Waals surface area contributed by atoms with Gasteiger partial charge in [0.1, 0.15) is 5.82 Å². The average Bonchev–Trinajstić information content (AvgIpc) is 2.91. The molecule has 1 heterocycles. The van der Waals surface area contributed by atoms with Crippen molar-refractivity contribution in [1.82, 2.24) is 15.3 Å². The number of aromatic amines is 1. The van der Waals surface area contributed by atoms with Gasteiger partial charge >= 0.3 is 0 Å². The minimum atomic E-state index is -0.537. The molecule has 0 aliphatic carbocycles. The molecule has 1 amide bonds. The molecule has 2 aromatic rings. The summed E-state index contributed by atoms with van der Waals surface area (Å²) in [6.07, 6.45) is 3.90. The second-order valence-corrected chi connectivity index (χ2v) is 4.91. The number of carbonyl (C=O) groups is 1. The largest absolute Gasteiger partial charge is 0.352 e. The van der Waals surface area contributed by atoms with Gasteiger partial charge in [0.05, 0.1) is 4.92 Å². The minimum absolute atomic E-state index is 0.129. The molecule has 0 aliphatic heterocycles. The van der Waals surface area contributed by atoms with Crippen molar-refractivity contribution in [2.45, 2.75) is 6.42 Å². The number of hydrogen-bond acceptors (Lipinski definition) is 4. The number of non-ortho nitro benzene ring substituents is 1. The van der Waals surface area contributed by atoms with Crippen LogP contribution in [0.2, 0.25) is 0 Å². The summed E-state index contributed by atoms with van der Waals surface area (Å²) >= 11 is 3.15. The van der Waals surface area contributed by atoms with Crippen LogP contribution in [0.1, 0.15) is 16.2 Å². The molecule has 8 heteroatoms. The SMILES string of the molecule is O=C(NCCc1ncc[nH]1)c1cc(Br)cc([N+](=O)[O-])c1. The molecule has 0 atom stereocenters. The van der Waals surface area contributed by atoms with Crippen molar-refractivity contribution in [3.05, 3.63) is 56.6 Å². The molecule has 2 N–H and O–H groups in total. The van der Waals surface area contributed by atoms with Crippen molar-refractivity contribution in [1.29, 1.82) is 0 Å². The third kappa shape index (κ3) is 3.64. The highest BCUT2D eigenvalue weighted by atomic mass is 79.9. The molecule has 104 valence electrons. The molecule has 1 aromatic carbocycles. The lowest BCUT2D eigenvalue weighted by Gasteiger charge is -2.05. The average molecular weight is 339 g/mol. The molecule has 1 aromatic heterocycles. The molecule has 0 saturated heterocycles. The number of aromatic nitrogens is 2. The molecular weight excluding hydrogens is 328 g/mol. The van der Waals surface area contributed by atoms with Gasteiger partial charge in [-0.1, -0.05) is 15.9 Å². The summed E-state index contributed by atoms with van der Waals surface area (Å²) in [5, 5.41) is 13.4. The number of hydrogen-bond donors (Lipinski definition) is 2. The number of rotatable bonds is 5. The Morgan fingerprint density at radius 1 is 1.45 bits per heavy atom. The number of nitrogens with zero attached hydrogens (tertiary/aromatic N) is 2. The van der Waals surface area contributed by atoms with Crippen molar-refractivity contribution in [3.8, 4) is 0 Å². The van der Waals surface area contributed by atoms with Crippen LogP contribution in [0.25, 0.3) is 0 Å². The summed E-state index contributed by atoms with van der Waals surface area (Å²) in [6.45, 7) is 0.395. The number of carbonyl (C=O) groups excluding carboxylic acids is 1. The van der Waals surface area contributed by atoms with Gasteiger partial charge in [-0.15, -0.1) is 0 Å². The zero-order valence-electron chi connectivity index (χ0n) is 10.3. The topological polar surface area (TPSA) is 101 Å². The second-order valence-electron chi connectivity index (χ2n) is 4.00. The van der Waals surface area contributed by atoms with Gasteiger partial charge in [0.25, 0.3) is 11.6 Å². The normalized spacial score (nSPS) is 10.2. The Morgan fingerprint density at radius 3 is 2.90 bits per heavy atom. The molecule has 0 unspecified atom stereocenters. The lowest BCUT2D eigenvalue weighted by Crippen LogP contribution is -2.26. The molecule has 7 nitrogen and oxygen atoms in total. The Balaban J connectivity index is 2.00. The fraction of sp³-hybridized carbons (Fsp3) is 0.167. The van der Waals surface area contributed by atoms with Crippen LogP contribution in [-0.4, -0.2) is 27.3 Å². The van der Waals surface area contributed by atoms with Crippen molar-refractivity contribution in [3.63, 3.8) is 0 Å². The van der Waals surface area contributed by atoms with Crippen LogP contribution in [0.15, 0.2) is 35.1 Å². The first-order valence-corrected chi connectivity index (χ1v) is 6.57. The number of amides is 1. The standard InChI is InChI=1S/C12H11BrN4O3/c13-9-5-8(6-10(7-9)17(19)20)12(18)16-2-1-11-14-3-4-15-11/h3-7H,1-2H2,(H,14,15)(H,16,18). The maximum Gasteiger partial charge on any atom is 0.271 e. The van der Waals surface area contributed by atoms with Crippen molar-refractivity contribution in [2.75, 3.05) is 6.54 Å². The van der Waals surface area contributed by atoms with Crippen LogP contribution >= 0.6 is 15.9 Å². The Hall–Kier alpha value is -2.22. The number of nitro benzene ring substituents is 1. The Kier molecular flexibility index (Phi) is 4.46. The summed E-state index contributed by atoms with van der Waals surface area (Å²) in [5.41, 5.74) is 0.112. The maximum absolute atomic E-state index is 11.9. The van der Waals surface area contributed by atoms with Gasteiger partial charge in [0.2, 0.25) is 0 Å². The van der Waals surface area contributed by atoms with Crippen LogP contribution in [0.4, 0.5) is 5.69 Å². The number of benzene rings is 1.